The number of hydrogen-bond acceptors (Lipinski definition) is 4. The fraction of sp³-hybridized carbons (Fsp3) is 0.143. The standard InChI is InChI=1S/C21H22N2O3/c1-14(17-12-19(16(3)24)20(26-5)22-13-17)11-15(2)21(25)23(4)18-9-7-6-8-10-18/h6-13,24H,2-3H2,1,4-5H3/b14-11+. The Kier molecular flexibility index (Phi) is 5.96. The van der Waals surface area contributed by atoms with Crippen LogP contribution in [0.2, 0.25) is 0 Å². The maximum atomic E-state index is 12.6. The van der Waals surface area contributed by atoms with Crippen molar-refractivity contribution in [2.45, 2.75) is 6.92 Å². The number of rotatable bonds is 6. The Labute approximate surface area is 153 Å². The molecule has 1 amide bonds. The van der Waals surface area contributed by atoms with Crippen molar-refractivity contribution in [1.29, 1.82) is 0 Å². The first kappa shape index (κ1) is 19.0. The second-order valence-corrected chi connectivity index (χ2v) is 5.78. The van der Waals surface area contributed by atoms with E-state index in [1.165, 1.54) is 7.11 Å². The van der Waals surface area contributed by atoms with Crippen molar-refractivity contribution < 1.29 is 14.6 Å². The highest BCUT2D eigenvalue weighted by Crippen LogP contribution is 2.26. The summed E-state index contributed by atoms with van der Waals surface area (Å²) < 4.78 is 5.11. The van der Waals surface area contributed by atoms with Crippen LogP contribution in [-0.2, 0) is 4.79 Å². The van der Waals surface area contributed by atoms with Crippen molar-refractivity contribution in [3.8, 4) is 5.88 Å². The number of benzene rings is 1. The van der Waals surface area contributed by atoms with Crippen molar-refractivity contribution in [1.82, 2.24) is 4.98 Å². The van der Waals surface area contributed by atoms with Gasteiger partial charge in [-0.25, -0.2) is 4.98 Å². The van der Waals surface area contributed by atoms with Crippen LogP contribution in [0.4, 0.5) is 5.69 Å². The number of hydrogen-bond donors (Lipinski definition) is 1. The molecule has 0 unspecified atom stereocenters. The Morgan fingerprint density at radius 2 is 1.92 bits per heavy atom. The minimum atomic E-state index is -0.205. The molecule has 1 aromatic carbocycles. The fourth-order valence-electron chi connectivity index (χ4n) is 2.43. The van der Waals surface area contributed by atoms with Gasteiger partial charge in [-0.05, 0) is 42.3 Å². The van der Waals surface area contributed by atoms with Crippen LogP contribution in [0.25, 0.3) is 11.3 Å². The zero-order valence-corrected chi connectivity index (χ0v) is 15.2. The molecule has 0 saturated carbocycles. The van der Waals surface area contributed by atoms with Gasteiger partial charge < -0.3 is 14.7 Å². The van der Waals surface area contributed by atoms with Gasteiger partial charge in [0, 0.05) is 24.5 Å². The zero-order chi connectivity index (χ0) is 19.3. The van der Waals surface area contributed by atoms with Crippen molar-refractivity contribution in [2.75, 3.05) is 19.1 Å². The van der Waals surface area contributed by atoms with E-state index in [0.717, 1.165) is 16.8 Å². The van der Waals surface area contributed by atoms with E-state index in [2.05, 4.69) is 18.1 Å². The summed E-state index contributed by atoms with van der Waals surface area (Å²) in [5.74, 6) is -0.0562. The number of aliphatic hydroxyl groups is 1. The number of anilines is 1. The molecule has 1 heterocycles. The molecule has 0 bridgehead atoms. The van der Waals surface area contributed by atoms with Crippen LogP contribution in [-0.4, -0.2) is 30.2 Å². The van der Waals surface area contributed by atoms with Crippen LogP contribution >= 0.6 is 0 Å². The normalized spacial score (nSPS) is 11.0. The Bertz CT molecular complexity index is 870. The van der Waals surface area contributed by atoms with E-state index in [1.54, 1.807) is 30.3 Å². The second-order valence-electron chi connectivity index (χ2n) is 5.78. The Morgan fingerprint density at radius 3 is 2.50 bits per heavy atom. The smallest absolute Gasteiger partial charge is 0.257 e. The number of carbonyl (C=O) groups excluding carboxylic acids is 1. The predicted octanol–water partition coefficient (Wildman–Crippen LogP) is 4.24. The summed E-state index contributed by atoms with van der Waals surface area (Å²) in [6, 6.07) is 11.1. The van der Waals surface area contributed by atoms with E-state index in [4.69, 9.17) is 4.74 Å². The monoisotopic (exact) mass is 350 g/mol. The average molecular weight is 350 g/mol. The molecule has 2 aromatic rings. The second kappa shape index (κ2) is 8.16. The zero-order valence-electron chi connectivity index (χ0n) is 15.2. The van der Waals surface area contributed by atoms with Crippen LogP contribution in [0.1, 0.15) is 18.1 Å². The number of para-hydroxylation sites is 1. The van der Waals surface area contributed by atoms with Crippen molar-refractivity contribution in [2.24, 2.45) is 0 Å². The number of pyridine rings is 1. The van der Waals surface area contributed by atoms with Crippen molar-refractivity contribution in [3.63, 3.8) is 0 Å². The van der Waals surface area contributed by atoms with E-state index < -0.39 is 0 Å². The summed E-state index contributed by atoms with van der Waals surface area (Å²) in [5.41, 5.74) is 3.04. The lowest BCUT2D eigenvalue weighted by Crippen LogP contribution is -2.26. The molecule has 0 aliphatic carbocycles. The van der Waals surface area contributed by atoms with Gasteiger partial charge >= 0.3 is 0 Å². The van der Waals surface area contributed by atoms with Crippen LogP contribution in [0, 0.1) is 0 Å². The minimum absolute atomic E-state index is 0.136. The van der Waals surface area contributed by atoms with Gasteiger partial charge in [0.15, 0.2) is 0 Å². The first-order chi connectivity index (χ1) is 12.3. The number of likely N-dealkylation sites (N-methyl/N-ethyl adjacent to an activating group) is 1. The molecule has 26 heavy (non-hydrogen) atoms. The molecule has 0 fully saturated rings. The molecule has 0 radical (unpaired) electrons. The summed E-state index contributed by atoms with van der Waals surface area (Å²) in [4.78, 5) is 18.3. The maximum absolute atomic E-state index is 12.6. The van der Waals surface area contributed by atoms with Gasteiger partial charge in [0.1, 0.15) is 5.76 Å². The van der Waals surface area contributed by atoms with Crippen LogP contribution < -0.4 is 9.64 Å². The molecule has 0 aliphatic heterocycles. The average Bonchev–Trinajstić information content (AvgIpc) is 2.66. The number of ether oxygens (including phenoxy) is 1. The van der Waals surface area contributed by atoms with E-state index >= 15 is 0 Å². The molecule has 1 aromatic heterocycles. The molecule has 5 nitrogen and oxygen atoms in total. The third kappa shape index (κ3) is 4.19. The van der Waals surface area contributed by atoms with Gasteiger partial charge in [-0.15, -0.1) is 0 Å². The molecular formula is C21H22N2O3. The molecule has 0 saturated heterocycles. The first-order valence-electron chi connectivity index (χ1n) is 7.98. The molecule has 2 rings (SSSR count). The number of aromatic nitrogens is 1. The fourth-order valence-corrected chi connectivity index (χ4v) is 2.43. The summed E-state index contributed by atoms with van der Waals surface area (Å²) >= 11 is 0. The van der Waals surface area contributed by atoms with Gasteiger partial charge in [0.05, 0.1) is 12.7 Å². The highest BCUT2D eigenvalue weighted by molar-refractivity contribution is 6.07. The quantitative estimate of drug-likeness (QED) is 0.481. The lowest BCUT2D eigenvalue weighted by Gasteiger charge is -2.17. The molecule has 1 N–H and O–H groups in total. The summed E-state index contributed by atoms with van der Waals surface area (Å²) in [6.07, 6.45) is 3.30. The third-order valence-corrected chi connectivity index (χ3v) is 3.92. The lowest BCUT2D eigenvalue weighted by atomic mass is 10.0. The molecule has 0 aliphatic rings. The highest BCUT2D eigenvalue weighted by Gasteiger charge is 2.14. The molecule has 0 atom stereocenters. The van der Waals surface area contributed by atoms with E-state index in [0.29, 0.717) is 11.1 Å². The number of allylic oxidation sites excluding steroid dienone is 1. The van der Waals surface area contributed by atoms with Gasteiger partial charge in [0.2, 0.25) is 5.88 Å². The lowest BCUT2D eigenvalue weighted by molar-refractivity contribution is -0.114. The minimum Gasteiger partial charge on any atom is -0.508 e. The van der Waals surface area contributed by atoms with Crippen molar-refractivity contribution in [3.05, 3.63) is 78.5 Å². The third-order valence-electron chi connectivity index (χ3n) is 3.92. The Hall–Kier alpha value is -3.34. The molecule has 134 valence electrons. The SMILES string of the molecule is C=C(/C=C(\C)c1cnc(OC)c(C(=C)O)c1)C(=O)N(C)c1ccccc1. The van der Waals surface area contributed by atoms with Crippen LogP contribution in [0.3, 0.4) is 0 Å². The van der Waals surface area contributed by atoms with E-state index in [9.17, 15) is 9.90 Å². The van der Waals surface area contributed by atoms with Gasteiger partial charge in [-0.3, -0.25) is 4.79 Å². The Morgan fingerprint density at radius 1 is 1.27 bits per heavy atom. The van der Waals surface area contributed by atoms with Crippen LogP contribution in [0.15, 0.2) is 67.4 Å². The maximum Gasteiger partial charge on any atom is 0.257 e. The first-order valence-corrected chi connectivity index (χ1v) is 7.98. The number of carbonyl (C=O) groups is 1. The van der Waals surface area contributed by atoms with Crippen LogP contribution in [0.5, 0.6) is 5.88 Å². The van der Waals surface area contributed by atoms with E-state index in [1.807, 2.05) is 37.3 Å². The number of methoxy groups -OCH3 is 1. The summed E-state index contributed by atoms with van der Waals surface area (Å²) in [5, 5.41) is 9.70. The summed E-state index contributed by atoms with van der Waals surface area (Å²) in [6.45, 7) is 9.24. The molecule has 5 heteroatoms. The number of nitrogens with zero attached hydrogens (tertiary/aromatic N) is 2. The number of amides is 1. The van der Waals surface area contributed by atoms with Gasteiger partial charge in [-0.2, -0.15) is 0 Å². The van der Waals surface area contributed by atoms with Gasteiger partial charge in [0.25, 0.3) is 5.91 Å². The summed E-state index contributed by atoms with van der Waals surface area (Å²) in [7, 11) is 3.17. The topological polar surface area (TPSA) is 62.7 Å². The largest absolute Gasteiger partial charge is 0.508 e. The predicted molar refractivity (Wildman–Crippen MR) is 105 cm³/mol. The Balaban J connectivity index is 2.26. The molecular weight excluding hydrogens is 328 g/mol. The van der Waals surface area contributed by atoms with E-state index in [-0.39, 0.29) is 17.5 Å². The molecule has 0 spiro atoms. The van der Waals surface area contributed by atoms with Gasteiger partial charge in [-0.1, -0.05) is 31.4 Å². The van der Waals surface area contributed by atoms with Crippen molar-refractivity contribution >= 4 is 22.9 Å². The highest BCUT2D eigenvalue weighted by atomic mass is 16.5. The number of aliphatic hydroxyl groups excluding tert-OH is 1.